The molecule has 0 radical (unpaired) electrons. The van der Waals surface area contributed by atoms with Crippen molar-refractivity contribution in [3.05, 3.63) is 29.8 Å². The lowest BCUT2D eigenvalue weighted by Crippen LogP contribution is -2.32. The van der Waals surface area contributed by atoms with Crippen LogP contribution in [0, 0.1) is 18.8 Å². The third-order valence-corrected chi connectivity index (χ3v) is 7.11. The van der Waals surface area contributed by atoms with Crippen LogP contribution in [0.3, 0.4) is 0 Å². The SMILES string of the molecule is CCCCCCC(C(=O)OC)C1CCC(OS(=O)(=O)c2ccc(C)cc2)CC1. The van der Waals surface area contributed by atoms with Gasteiger partial charge in [-0.05, 0) is 57.1 Å². The van der Waals surface area contributed by atoms with Gasteiger partial charge in [0.2, 0.25) is 0 Å². The summed E-state index contributed by atoms with van der Waals surface area (Å²) in [5, 5.41) is 0. The van der Waals surface area contributed by atoms with E-state index in [2.05, 4.69) is 6.92 Å². The molecule has 0 aromatic heterocycles. The summed E-state index contributed by atoms with van der Waals surface area (Å²) in [5.74, 6) is 0.0284. The van der Waals surface area contributed by atoms with Crippen LogP contribution in [0.15, 0.2) is 29.2 Å². The quantitative estimate of drug-likeness (QED) is 0.308. The van der Waals surface area contributed by atoms with Gasteiger partial charge in [-0.3, -0.25) is 8.98 Å². The fourth-order valence-corrected chi connectivity index (χ4v) is 5.15. The highest BCUT2D eigenvalue weighted by molar-refractivity contribution is 7.86. The smallest absolute Gasteiger partial charge is 0.308 e. The zero-order valence-corrected chi connectivity index (χ0v) is 18.2. The van der Waals surface area contributed by atoms with Gasteiger partial charge in [0.15, 0.2) is 0 Å². The summed E-state index contributed by atoms with van der Waals surface area (Å²) in [6.07, 6.45) is 7.94. The maximum absolute atomic E-state index is 12.5. The van der Waals surface area contributed by atoms with Gasteiger partial charge in [0.25, 0.3) is 10.1 Å². The van der Waals surface area contributed by atoms with E-state index in [-0.39, 0.29) is 28.8 Å². The highest BCUT2D eigenvalue weighted by Crippen LogP contribution is 2.36. The predicted octanol–water partition coefficient (Wildman–Crippen LogP) is 5.02. The molecule has 1 aromatic carbocycles. The average molecular weight is 411 g/mol. The zero-order chi connectivity index (χ0) is 20.6. The Morgan fingerprint density at radius 3 is 2.29 bits per heavy atom. The third kappa shape index (κ3) is 6.59. The number of ether oxygens (including phenoxy) is 1. The number of esters is 1. The van der Waals surface area contributed by atoms with Crippen molar-refractivity contribution < 1.29 is 22.1 Å². The van der Waals surface area contributed by atoms with Crippen molar-refractivity contribution in [3.8, 4) is 0 Å². The van der Waals surface area contributed by atoms with Gasteiger partial charge in [0.1, 0.15) is 0 Å². The summed E-state index contributed by atoms with van der Waals surface area (Å²) in [5.41, 5.74) is 1.01. The molecule has 1 unspecified atom stereocenters. The number of hydrogen-bond acceptors (Lipinski definition) is 5. The number of carbonyl (C=O) groups is 1. The molecular weight excluding hydrogens is 376 g/mol. The van der Waals surface area contributed by atoms with E-state index in [0.29, 0.717) is 12.8 Å². The number of rotatable bonds is 10. The third-order valence-electron chi connectivity index (χ3n) is 5.73. The van der Waals surface area contributed by atoms with Crippen molar-refractivity contribution in [2.75, 3.05) is 7.11 Å². The van der Waals surface area contributed by atoms with Crippen molar-refractivity contribution in [2.45, 2.75) is 82.6 Å². The molecule has 0 spiro atoms. The van der Waals surface area contributed by atoms with Gasteiger partial charge in [0.05, 0.1) is 24.0 Å². The van der Waals surface area contributed by atoms with Gasteiger partial charge < -0.3 is 4.74 Å². The Balaban J connectivity index is 1.90. The second-order valence-corrected chi connectivity index (χ2v) is 9.45. The molecule has 0 amide bonds. The molecule has 1 saturated carbocycles. The fraction of sp³-hybridized carbons (Fsp3) is 0.682. The van der Waals surface area contributed by atoms with Gasteiger partial charge in [-0.15, -0.1) is 0 Å². The van der Waals surface area contributed by atoms with Crippen LogP contribution >= 0.6 is 0 Å². The zero-order valence-electron chi connectivity index (χ0n) is 17.4. The van der Waals surface area contributed by atoms with Gasteiger partial charge in [0, 0.05) is 0 Å². The largest absolute Gasteiger partial charge is 0.469 e. The molecule has 158 valence electrons. The Bertz CT molecular complexity index is 703. The van der Waals surface area contributed by atoms with E-state index in [9.17, 15) is 13.2 Å². The lowest BCUT2D eigenvalue weighted by molar-refractivity contribution is -0.148. The first-order valence-corrected chi connectivity index (χ1v) is 11.9. The first-order chi connectivity index (χ1) is 13.4. The molecule has 0 saturated heterocycles. The minimum atomic E-state index is -3.75. The second kappa shape index (κ2) is 11.0. The molecule has 0 bridgehead atoms. The molecule has 1 aromatic rings. The van der Waals surface area contributed by atoms with Crippen LogP contribution in [0.2, 0.25) is 0 Å². The van der Waals surface area contributed by atoms with Gasteiger partial charge in [-0.1, -0.05) is 50.3 Å². The Kier molecular flexibility index (Phi) is 8.96. The molecule has 28 heavy (non-hydrogen) atoms. The Morgan fingerprint density at radius 2 is 1.71 bits per heavy atom. The second-order valence-electron chi connectivity index (χ2n) is 7.88. The number of benzene rings is 1. The summed E-state index contributed by atoms with van der Waals surface area (Å²) in [6, 6.07) is 6.71. The van der Waals surface area contributed by atoms with Crippen LogP contribution in [0.4, 0.5) is 0 Å². The fourth-order valence-electron chi connectivity index (χ4n) is 4.02. The Labute approximate surface area is 169 Å². The van der Waals surface area contributed by atoms with Crippen LogP contribution in [0.5, 0.6) is 0 Å². The van der Waals surface area contributed by atoms with Gasteiger partial charge in [-0.25, -0.2) is 0 Å². The van der Waals surface area contributed by atoms with Crippen molar-refractivity contribution in [3.63, 3.8) is 0 Å². The maximum Gasteiger partial charge on any atom is 0.308 e. The molecular formula is C22H34O5S. The van der Waals surface area contributed by atoms with E-state index in [1.165, 1.54) is 20.0 Å². The first-order valence-electron chi connectivity index (χ1n) is 10.4. The van der Waals surface area contributed by atoms with Crippen molar-refractivity contribution in [1.29, 1.82) is 0 Å². The summed E-state index contributed by atoms with van der Waals surface area (Å²) < 4.78 is 35.5. The minimum Gasteiger partial charge on any atom is -0.469 e. The van der Waals surface area contributed by atoms with Crippen molar-refractivity contribution in [1.82, 2.24) is 0 Å². The molecule has 1 aliphatic carbocycles. The Hall–Kier alpha value is -1.40. The molecule has 1 atom stereocenters. The number of hydrogen-bond donors (Lipinski definition) is 0. The first kappa shape index (κ1) is 22.9. The van der Waals surface area contributed by atoms with Crippen LogP contribution < -0.4 is 0 Å². The minimum absolute atomic E-state index is 0.0866. The molecule has 6 heteroatoms. The summed E-state index contributed by atoms with van der Waals surface area (Å²) in [4.78, 5) is 12.4. The van der Waals surface area contributed by atoms with E-state index >= 15 is 0 Å². The van der Waals surface area contributed by atoms with E-state index in [0.717, 1.165) is 37.7 Å². The predicted molar refractivity (Wildman–Crippen MR) is 109 cm³/mol. The lowest BCUT2D eigenvalue weighted by atomic mass is 9.77. The van der Waals surface area contributed by atoms with E-state index in [4.69, 9.17) is 8.92 Å². The summed E-state index contributed by atoms with van der Waals surface area (Å²) >= 11 is 0. The normalized spacial score (nSPS) is 21.2. The molecule has 0 aliphatic heterocycles. The number of unbranched alkanes of at least 4 members (excludes halogenated alkanes) is 3. The highest BCUT2D eigenvalue weighted by atomic mass is 32.2. The van der Waals surface area contributed by atoms with E-state index in [1.807, 2.05) is 6.92 Å². The van der Waals surface area contributed by atoms with E-state index < -0.39 is 10.1 Å². The van der Waals surface area contributed by atoms with Crippen LogP contribution in [0.1, 0.15) is 70.3 Å². The number of carbonyl (C=O) groups excluding carboxylic acids is 1. The van der Waals surface area contributed by atoms with Crippen molar-refractivity contribution in [2.24, 2.45) is 11.8 Å². The molecule has 0 N–H and O–H groups in total. The van der Waals surface area contributed by atoms with Crippen LogP contribution in [-0.4, -0.2) is 27.6 Å². The molecule has 5 nitrogen and oxygen atoms in total. The monoisotopic (exact) mass is 410 g/mol. The lowest BCUT2D eigenvalue weighted by Gasteiger charge is -2.32. The molecule has 1 fully saturated rings. The molecule has 1 aliphatic rings. The summed E-state index contributed by atoms with van der Waals surface area (Å²) in [6.45, 7) is 4.09. The van der Waals surface area contributed by atoms with E-state index in [1.54, 1.807) is 24.3 Å². The van der Waals surface area contributed by atoms with Crippen LogP contribution in [-0.2, 0) is 23.8 Å². The maximum atomic E-state index is 12.5. The van der Waals surface area contributed by atoms with Gasteiger partial charge in [-0.2, -0.15) is 8.42 Å². The molecule has 2 rings (SSSR count). The van der Waals surface area contributed by atoms with Crippen LogP contribution in [0.25, 0.3) is 0 Å². The highest BCUT2D eigenvalue weighted by Gasteiger charge is 2.34. The standard InChI is InChI=1S/C22H34O5S/c1-4-5-6-7-8-21(22(23)26-3)18-11-13-19(14-12-18)27-28(24,25)20-15-9-17(2)10-16-20/h9-10,15-16,18-19,21H,4-8,11-14H2,1-3H3. The topological polar surface area (TPSA) is 69.7 Å². The van der Waals surface area contributed by atoms with Gasteiger partial charge >= 0.3 is 5.97 Å². The molecule has 0 heterocycles. The number of methoxy groups -OCH3 is 1. The average Bonchev–Trinajstić information content (AvgIpc) is 2.68. The number of aryl methyl sites for hydroxylation is 1. The Morgan fingerprint density at radius 1 is 1.07 bits per heavy atom. The summed E-state index contributed by atoms with van der Waals surface area (Å²) in [7, 11) is -2.30. The van der Waals surface area contributed by atoms with Crippen molar-refractivity contribution >= 4 is 16.1 Å².